The van der Waals surface area contributed by atoms with E-state index in [1.807, 2.05) is 4.57 Å². The molecule has 10 heteroatoms. The van der Waals surface area contributed by atoms with Gasteiger partial charge in [-0.3, -0.25) is 0 Å². The fourth-order valence-corrected chi connectivity index (χ4v) is 5.34. The van der Waals surface area contributed by atoms with Crippen molar-refractivity contribution in [2.45, 2.75) is 56.8 Å². The van der Waals surface area contributed by atoms with Gasteiger partial charge in [0.05, 0.1) is 30.4 Å². The van der Waals surface area contributed by atoms with E-state index in [0.29, 0.717) is 16.0 Å². The average Bonchev–Trinajstić information content (AvgIpc) is 2.95. The molecule has 1 aliphatic carbocycles. The Hall–Kier alpha value is -2.46. The molecular weight excluding hydrogens is 497 g/mol. The van der Waals surface area contributed by atoms with Crippen LogP contribution in [0.1, 0.15) is 67.3 Å². The highest BCUT2D eigenvalue weighted by atomic mass is 79.9. The molecule has 1 saturated heterocycles. The van der Waals surface area contributed by atoms with Crippen molar-refractivity contribution in [2.24, 2.45) is 0 Å². The van der Waals surface area contributed by atoms with Crippen molar-refractivity contribution < 1.29 is 28.6 Å². The first-order valence-electron chi connectivity index (χ1n) is 10.8. The molecule has 2 bridgehead atoms. The summed E-state index contributed by atoms with van der Waals surface area (Å²) in [6.07, 6.45) is 0.962. The molecule has 33 heavy (non-hydrogen) atoms. The van der Waals surface area contributed by atoms with Crippen molar-refractivity contribution in [3.63, 3.8) is 0 Å². The Morgan fingerprint density at radius 2 is 1.94 bits per heavy atom. The smallest absolute Gasteiger partial charge is 0.410 e. The minimum Gasteiger partial charge on any atom is -0.464 e. The zero-order valence-electron chi connectivity index (χ0n) is 18.8. The topological polar surface area (TPSA) is 93.9 Å². The Balaban J connectivity index is 1.60. The molecule has 4 heterocycles. The van der Waals surface area contributed by atoms with Crippen LogP contribution in [-0.2, 0) is 15.1 Å². The maximum atomic E-state index is 14.3. The molecule has 8 nitrogen and oxygen atoms in total. The Labute approximate surface area is 198 Å². The van der Waals surface area contributed by atoms with E-state index in [0.717, 1.165) is 24.0 Å². The number of carbonyl (C=O) groups excluding carboxylic acids is 2. The van der Waals surface area contributed by atoms with Crippen molar-refractivity contribution >= 4 is 28.0 Å². The van der Waals surface area contributed by atoms with Crippen LogP contribution in [-0.4, -0.2) is 57.4 Å². The van der Waals surface area contributed by atoms with Gasteiger partial charge in [0.1, 0.15) is 22.8 Å². The van der Waals surface area contributed by atoms with E-state index in [1.165, 1.54) is 18.1 Å². The molecule has 0 unspecified atom stereocenters. The fourth-order valence-electron chi connectivity index (χ4n) is 5.00. The quantitative estimate of drug-likeness (QED) is 0.597. The number of halogens is 2. The number of amides is 1. The molecule has 2 aromatic rings. The van der Waals surface area contributed by atoms with Crippen LogP contribution in [0.4, 0.5) is 9.18 Å². The van der Waals surface area contributed by atoms with Crippen LogP contribution < -0.4 is 0 Å². The molecule has 4 aliphatic rings. The average molecular weight is 522 g/mol. The third-order valence-electron chi connectivity index (χ3n) is 6.54. The van der Waals surface area contributed by atoms with Crippen molar-refractivity contribution in [3.8, 4) is 11.4 Å². The zero-order valence-corrected chi connectivity index (χ0v) is 20.4. The number of nitrogens with zero attached hydrogens (tertiary/aromatic N) is 3. The van der Waals surface area contributed by atoms with E-state index in [2.05, 4.69) is 20.9 Å². The van der Waals surface area contributed by atoms with Crippen molar-refractivity contribution in [1.29, 1.82) is 0 Å². The SMILES string of the molecule is COC(=O)c1nc2n(c1C1(O)CN(C(=O)OC(C)(C)C)C1)C1CC(C1)c1cc(F)c(Br)cc1-2. The molecule has 0 spiro atoms. The number of likely N-dealkylation sites (tertiary alicyclic amines) is 1. The Kier molecular flexibility index (Phi) is 4.92. The highest BCUT2D eigenvalue weighted by Gasteiger charge is 2.53. The number of imidazole rings is 1. The summed E-state index contributed by atoms with van der Waals surface area (Å²) >= 11 is 3.25. The minimum absolute atomic E-state index is 0.000237. The van der Waals surface area contributed by atoms with Crippen LogP contribution in [0.5, 0.6) is 0 Å². The van der Waals surface area contributed by atoms with E-state index in [9.17, 15) is 19.1 Å². The first-order chi connectivity index (χ1) is 15.4. The second-order valence-corrected chi connectivity index (χ2v) is 10.9. The standard InChI is InChI=1S/C23H25BrFN3O5/c1-22(2,3)33-21(30)27-9-23(31,10-27)18-17(20(29)32-4)26-19-14-7-15(24)16(25)8-13(14)11-5-12(6-11)28(18)19/h7-8,11-12,31H,5-6,9-10H2,1-4H3. The summed E-state index contributed by atoms with van der Waals surface area (Å²) in [5.74, 6) is -0.349. The summed E-state index contributed by atoms with van der Waals surface area (Å²) < 4.78 is 26.9. The molecule has 176 valence electrons. The van der Waals surface area contributed by atoms with Gasteiger partial charge in [-0.05, 0) is 73.2 Å². The van der Waals surface area contributed by atoms with Crippen LogP contribution in [0.2, 0.25) is 0 Å². The molecule has 6 rings (SSSR count). The van der Waals surface area contributed by atoms with Gasteiger partial charge in [-0.15, -0.1) is 0 Å². The van der Waals surface area contributed by atoms with Gasteiger partial charge in [0.15, 0.2) is 5.69 Å². The van der Waals surface area contributed by atoms with Crippen molar-refractivity contribution in [2.75, 3.05) is 20.2 Å². The lowest BCUT2D eigenvalue weighted by Gasteiger charge is -2.47. The molecule has 1 saturated carbocycles. The maximum Gasteiger partial charge on any atom is 0.410 e. The zero-order chi connectivity index (χ0) is 23.9. The van der Waals surface area contributed by atoms with Crippen LogP contribution in [0.25, 0.3) is 11.4 Å². The van der Waals surface area contributed by atoms with E-state index >= 15 is 0 Å². The summed E-state index contributed by atoms with van der Waals surface area (Å²) in [5, 5.41) is 11.6. The number of rotatable bonds is 2. The number of carbonyl (C=O) groups is 2. The summed E-state index contributed by atoms with van der Waals surface area (Å²) in [7, 11) is 1.26. The number of benzene rings is 1. The van der Waals surface area contributed by atoms with Gasteiger partial charge in [-0.1, -0.05) is 0 Å². The number of methoxy groups -OCH3 is 1. The maximum absolute atomic E-state index is 14.3. The summed E-state index contributed by atoms with van der Waals surface area (Å²) in [6, 6.07) is 3.19. The van der Waals surface area contributed by atoms with Gasteiger partial charge >= 0.3 is 12.1 Å². The van der Waals surface area contributed by atoms with Gasteiger partial charge < -0.3 is 24.0 Å². The largest absolute Gasteiger partial charge is 0.464 e. The molecule has 1 N–H and O–H groups in total. The first-order valence-corrected chi connectivity index (χ1v) is 11.6. The second-order valence-electron chi connectivity index (χ2n) is 10.0. The summed E-state index contributed by atoms with van der Waals surface area (Å²) in [6.45, 7) is 5.25. The summed E-state index contributed by atoms with van der Waals surface area (Å²) in [4.78, 5) is 31.2. The molecule has 0 atom stereocenters. The van der Waals surface area contributed by atoms with E-state index in [1.54, 1.807) is 26.8 Å². The highest BCUT2D eigenvalue weighted by Crippen LogP contribution is 2.55. The first kappa shape index (κ1) is 22.3. The van der Waals surface area contributed by atoms with Gasteiger partial charge in [0.25, 0.3) is 0 Å². The van der Waals surface area contributed by atoms with Gasteiger partial charge in [0, 0.05) is 11.6 Å². The normalized spacial score (nSPS) is 22.3. The molecule has 1 amide bonds. The number of β-amino-alcohol motifs (C(OH)–C–C–N with tert-alkyl or cyclic N) is 1. The minimum atomic E-state index is -1.49. The lowest BCUT2D eigenvalue weighted by molar-refractivity contribution is -0.109. The molecule has 3 aliphatic heterocycles. The number of aliphatic hydroxyl groups is 1. The van der Waals surface area contributed by atoms with Gasteiger partial charge in [-0.2, -0.15) is 0 Å². The van der Waals surface area contributed by atoms with Crippen LogP contribution >= 0.6 is 15.9 Å². The third-order valence-corrected chi connectivity index (χ3v) is 7.15. The van der Waals surface area contributed by atoms with Gasteiger partial charge in [-0.25, -0.2) is 19.0 Å². The van der Waals surface area contributed by atoms with Crippen molar-refractivity contribution in [3.05, 3.63) is 39.4 Å². The lowest BCUT2D eigenvalue weighted by Crippen LogP contribution is -2.63. The number of hydrogen-bond donors (Lipinski definition) is 1. The molecular formula is C23H25BrFN3O5. The van der Waals surface area contributed by atoms with E-state index in [4.69, 9.17) is 9.47 Å². The number of esters is 1. The number of aromatic nitrogens is 2. The van der Waals surface area contributed by atoms with Gasteiger partial charge in [0.2, 0.25) is 0 Å². The Bertz CT molecular complexity index is 1180. The number of ether oxygens (including phenoxy) is 2. The molecule has 1 aromatic carbocycles. The summed E-state index contributed by atoms with van der Waals surface area (Å²) in [5.41, 5.74) is -0.246. The Morgan fingerprint density at radius 1 is 1.27 bits per heavy atom. The number of hydrogen-bond acceptors (Lipinski definition) is 6. The highest BCUT2D eigenvalue weighted by molar-refractivity contribution is 9.10. The molecule has 0 radical (unpaired) electrons. The van der Waals surface area contributed by atoms with Crippen molar-refractivity contribution in [1.82, 2.24) is 14.5 Å². The predicted octanol–water partition coefficient (Wildman–Crippen LogP) is 4.11. The third kappa shape index (κ3) is 3.45. The second kappa shape index (κ2) is 7.27. The van der Waals surface area contributed by atoms with E-state index < -0.39 is 23.3 Å². The Morgan fingerprint density at radius 3 is 2.55 bits per heavy atom. The van der Waals surface area contributed by atoms with Crippen LogP contribution in [0.3, 0.4) is 0 Å². The molecule has 1 aromatic heterocycles. The fraction of sp³-hybridized carbons (Fsp3) is 0.522. The lowest BCUT2D eigenvalue weighted by atomic mass is 9.75. The molecule has 2 fully saturated rings. The predicted molar refractivity (Wildman–Crippen MR) is 119 cm³/mol. The van der Waals surface area contributed by atoms with Crippen LogP contribution in [0.15, 0.2) is 16.6 Å². The monoisotopic (exact) mass is 521 g/mol. The van der Waals surface area contributed by atoms with Crippen LogP contribution in [0, 0.1) is 5.82 Å². The van der Waals surface area contributed by atoms with E-state index in [-0.39, 0.29) is 36.6 Å².